The maximum atomic E-state index is 7.27. The minimum absolute atomic E-state index is 0.596. The summed E-state index contributed by atoms with van der Waals surface area (Å²) >= 11 is 0. The van der Waals surface area contributed by atoms with Crippen LogP contribution < -0.4 is 0 Å². The lowest BCUT2D eigenvalue weighted by atomic mass is 10.0. The highest BCUT2D eigenvalue weighted by Crippen LogP contribution is 2.44. The Labute approximate surface area is 396 Å². The van der Waals surface area contributed by atoms with Crippen LogP contribution in [0.15, 0.2) is 241 Å². The van der Waals surface area contributed by atoms with Crippen LogP contribution in [0.3, 0.4) is 0 Å². The number of nitrogens with zero attached hydrogens (tertiary/aromatic N) is 5. The van der Waals surface area contributed by atoms with Crippen LogP contribution in [0, 0.1) is 0 Å². The van der Waals surface area contributed by atoms with Crippen molar-refractivity contribution in [3.8, 4) is 67.8 Å². The highest BCUT2D eigenvalue weighted by Gasteiger charge is 2.23. The fourth-order valence-corrected chi connectivity index (χ4v) is 10.3. The molecule has 0 spiro atoms. The average Bonchev–Trinajstić information content (AvgIpc) is 4.10. The molecule has 0 aliphatic carbocycles. The molecule has 6 heteroatoms. The Hall–Kier alpha value is -9.39. The second kappa shape index (κ2) is 15.6. The van der Waals surface area contributed by atoms with Crippen LogP contribution >= 0.6 is 0 Å². The molecule has 0 atom stereocenters. The molecule has 14 aromatic rings. The van der Waals surface area contributed by atoms with Crippen LogP contribution in [0.4, 0.5) is 0 Å². The minimum Gasteiger partial charge on any atom is -0.452 e. The Kier molecular flexibility index (Phi) is 8.79. The van der Waals surface area contributed by atoms with E-state index >= 15 is 0 Å². The van der Waals surface area contributed by atoms with Gasteiger partial charge in [0, 0.05) is 60.4 Å². The van der Waals surface area contributed by atoms with E-state index in [4.69, 9.17) is 19.4 Å². The zero-order chi connectivity index (χ0) is 45.4. The van der Waals surface area contributed by atoms with Crippen LogP contribution in [-0.2, 0) is 0 Å². The van der Waals surface area contributed by atoms with E-state index < -0.39 is 0 Å². The molecule has 4 heterocycles. The summed E-state index contributed by atoms with van der Waals surface area (Å²) in [5, 5.41) is 6.79. The van der Waals surface area contributed by atoms with Gasteiger partial charge in [0.2, 0.25) is 0 Å². The number of para-hydroxylation sites is 3. The lowest BCUT2D eigenvalue weighted by Crippen LogP contribution is -2.01. The topological polar surface area (TPSA) is 61.7 Å². The van der Waals surface area contributed by atoms with Crippen LogP contribution in [0.25, 0.3) is 133 Å². The molecule has 0 N–H and O–H groups in total. The molecule has 0 saturated heterocycles. The summed E-state index contributed by atoms with van der Waals surface area (Å²) in [6, 6.07) is 83.1. The molecule has 0 radical (unpaired) electrons. The van der Waals surface area contributed by atoms with Crippen LogP contribution in [-0.4, -0.2) is 24.1 Å². The van der Waals surface area contributed by atoms with Crippen LogP contribution in [0.2, 0.25) is 0 Å². The maximum absolute atomic E-state index is 7.27. The lowest BCUT2D eigenvalue weighted by Gasteiger charge is -2.12. The molecule has 0 amide bonds. The van der Waals surface area contributed by atoms with Gasteiger partial charge in [-0.3, -0.25) is 0 Å². The zero-order valence-corrected chi connectivity index (χ0v) is 37.2. The van der Waals surface area contributed by atoms with Crippen molar-refractivity contribution in [2.24, 2.45) is 0 Å². The Morgan fingerprint density at radius 2 is 0.638 bits per heavy atom. The molecular weight excluding hydrogens is 843 g/mol. The molecule has 0 fully saturated rings. The molecule has 6 nitrogen and oxygen atoms in total. The molecule has 0 unspecified atom stereocenters. The number of benzene rings is 10. The first-order valence-corrected chi connectivity index (χ1v) is 23.3. The van der Waals surface area contributed by atoms with Crippen molar-refractivity contribution in [1.82, 2.24) is 24.1 Å². The van der Waals surface area contributed by atoms with Gasteiger partial charge >= 0.3 is 0 Å². The summed E-state index contributed by atoms with van der Waals surface area (Å²) < 4.78 is 12.0. The molecule has 4 aromatic heterocycles. The van der Waals surface area contributed by atoms with Crippen molar-refractivity contribution < 1.29 is 4.42 Å². The Bertz CT molecular complexity index is 4270. The van der Waals surface area contributed by atoms with Crippen molar-refractivity contribution in [2.45, 2.75) is 0 Å². The van der Waals surface area contributed by atoms with Crippen molar-refractivity contribution in [2.75, 3.05) is 0 Å². The zero-order valence-electron chi connectivity index (χ0n) is 37.2. The van der Waals surface area contributed by atoms with E-state index in [-0.39, 0.29) is 0 Å². The number of furan rings is 1. The smallest absolute Gasteiger partial charge is 0.164 e. The highest BCUT2D eigenvalue weighted by atomic mass is 16.3. The van der Waals surface area contributed by atoms with Gasteiger partial charge in [-0.15, -0.1) is 0 Å². The van der Waals surface area contributed by atoms with Gasteiger partial charge < -0.3 is 13.6 Å². The summed E-state index contributed by atoms with van der Waals surface area (Å²) in [7, 11) is 0. The van der Waals surface area contributed by atoms with Crippen molar-refractivity contribution in [1.29, 1.82) is 0 Å². The Balaban J connectivity index is 0.936. The SMILES string of the molecule is c1ccc(-c2ccc(-c3nc(-c4ccc(-n5c6ccccc6c6ccc7c8ccc9c%10ccccc%10n(-c%10ccccc%10)c9c8oc7c65)cc4)nc(-c4cccc(-c5ccccc5)c4)n3)cc2)cc1. The van der Waals surface area contributed by atoms with E-state index in [2.05, 4.69) is 234 Å². The third kappa shape index (κ3) is 6.30. The molecular formula is C63H39N5O. The highest BCUT2D eigenvalue weighted by molar-refractivity contribution is 6.26. The summed E-state index contributed by atoms with van der Waals surface area (Å²) in [5.41, 5.74) is 15.4. The van der Waals surface area contributed by atoms with E-state index in [0.717, 1.165) is 110 Å². The fourth-order valence-electron chi connectivity index (χ4n) is 10.3. The molecule has 0 aliphatic heterocycles. The molecule has 10 aromatic carbocycles. The summed E-state index contributed by atoms with van der Waals surface area (Å²) in [5.74, 6) is 1.82. The standard InChI is InChI=1S/C63H39N5O/c1-4-15-40(16-5-1)42-27-29-43(30-28-42)61-64-62(66-63(65-61)46-20-14-19-45(39-46)41-17-6-2-7-18-41)44-31-33-48(34-32-44)68-56-26-13-11-24-50(56)52-36-38-54-53-37-35-51-49-23-10-12-25-55(49)67(47-21-8-3-9-22-47)57(51)59(53)69-60(54)58(52)68/h1-39H. The molecule has 0 saturated carbocycles. The van der Waals surface area contributed by atoms with Gasteiger partial charge in [-0.1, -0.05) is 170 Å². The molecule has 14 rings (SSSR count). The quantitative estimate of drug-likeness (QED) is 0.160. The number of fused-ring (bicyclic) bond motifs is 11. The first-order valence-electron chi connectivity index (χ1n) is 23.3. The predicted molar refractivity (Wildman–Crippen MR) is 283 cm³/mol. The van der Waals surface area contributed by atoms with E-state index in [9.17, 15) is 0 Å². The van der Waals surface area contributed by atoms with Gasteiger partial charge in [0.15, 0.2) is 28.6 Å². The number of hydrogen-bond acceptors (Lipinski definition) is 4. The second-order valence-corrected chi connectivity index (χ2v) is 17.6. The fraction of sp³-hybridized carbons (Fsp3) is 0. The second-order valence-electron chi connectivity index (χ2n) is 17.6. The van der Waals surface area contributed by atoms with Gasteiger partial charge in [0.05, 0.1) is 22.1 Å². The Morgan fingerprint density at radius 1 is 0.261 bits per heavy atom. The van der Waals surface area contributed by atoms with E-state index in [0.29, 0.717) is 17.5 Å². The van der Waals surface area contributed by atoms with Crippen molar-refractivity contribution in [3.63, 3.8) is 0 Å². The van der Waals surface area contributed by atoms with Crippen LogP contribution in [0.1, 0.15) is 0 Å². The van der Waals surface area contributed by atoms with Gasteiger partial charge in [-0.25, -0.2) is 15.0 Å². The van der Waals surface area contributed by atoms with Gasteiger partial charge in [0.25, 0.3) is 0 Å². The first-order chi connectivity index (χ1) is 34.2. The number of aromatic nitrogens is 5. The summed E-state index contributed by atoms with van der Waals surface area (Å²) in [6.45, 7) is 0. The lowest BCUT2D eigenvalue weighted by molar-refractivity contribution is 0.673. The van der Waals surface area contributed by atoms with Gasteiger partial charge in [-0.2, -0.15) is 0 Å². The average molecular weight is 882 g/mol. The van der Waals surface area contributed by atoms with Gasteiger partial charge in [0.1, 0.15) is 0 Å². The molecule has 0 bridgehead atoms. The predicted octanol–water partition coefficient (Wildman–Crippen LogP) is 16.3. The monoisotopic (exact) mass is 881 g/mol. The normalized spacial score (nSPS) is 11.8. The minimum atomic E-state index is 0.596. The third-order valence-corrected chi connectivity index (χ3v) is 13.6. The number of rotatable bonds is 7. The van der Waals surface area contributed by atoms with E-state index in [1.807, 2.05) is 12.1 Å². The largest absolute Gasteiger partial charge is 0.452 e. The number of hydrogen-bond donors (Lipinski definition) is 0. The van der Waals surface area contributed by atoms with Crippen molar-refractivity contribution in [3.05, 3.63) is 237 Å². The van der Waals surface area contributed by atoms with Crippen LogP contribution in [0.5, 0.6) is 0 Å². The molecule has 0 aliphatic rings. The van der Waals surface area contributed by atoms with E-state index in [1.54, 1.807) is 0 Å². The van der Waals surface area contributed by atoms with Gasteiger partial charge in [-0.05, 0) is 89.0 Å². The first kappa shape index (κ1) is 38.8. The Morgan fingerprint density at radius 3 is 1.19 bits per heavy atom. The third-order valence-electron chi connectivity index (χ3n) is 13.6. The summed E-state index contributed by atoms with van der Waals surface area (Å²) in [6.07, 6.45) is 0. The maximum Gasteiger partial charge on any atom is 0.164 e. The molecule has 69 heavy (non-hydrogen) atoms. The molecule has 322 valence electrons. The van der Waals surface area contributed by atoms with Crippen molar-refractivity contribution >= 4 is 65.6 Å². The summed E-state index contributed by atoms with van der Waals surface area (Å²) in [4.78, 5) is 15.5. The van der Waals surface area contributed by atoms with E-state index in [1.165, 1.54) is 5.39 Å².